The molecule has 30 heavy (non-hydrogen) atoms. The highest BCUT2D eigenvalue weighted by molar-refractivity contribution is 5.88. The van der Waals surface area contributed by atoms with Gasteiger partial charge in [0.15, 0.2) is 11.5 Å². The molecule has 0 saturated carbocycles. The number of hydrogen-bond donors (Lipinski definition) is 2. The minimum atomic E-state index is -0.885. The van der Waals surface area contributed by atoms with Crippen LogP contribution in [0.25, 0.3) is 0 Å². The molecule has 1 fully saturated rings. The minimum absolute atomic E-state index is 0.0221. The molecule has 0 unspecified atom stereocenters. The molecule has 1 saturated heterocycles. The Balaban J connectivity index is 1.89. The van der Waals surface area contributed by atoms with Crippen LogP contribution in [0, 0.1) is 5.92 Å². The number of methoxy groups -OCH3 is 1. The van der Waals surface area contributed by atoms with E-state index in [1.165, 1.54) is 31.6 Å². The molecular weight excluding hydrogens is 392 g/mol. The van der Waals surface area contributed by atoms with E-state index < -0.39 is 29.9 Å². The van der Waals surface area contributed by atoms with Crippen molar-refractivity contribution in [2.45, 2.75) is 6.04 Å². The van der Waals surface area contributed by atoms with Crippen LogP contribution >= 0.6 is 0 Å². The fourth-order valence-electron chi connectivity index (χ4n) is 2.98. The molecule has 2 amide bonds. The molecule has 2 aromatic rings. The van der Waals surface area contributed by atoms with E-state index >= 15 is 0 Å². The first-order chi connectivity index (χ1) is 14.4. The number of urea groups is 1. The van der Waals surface area contributed by atoms with Crippen LogP contribution in [0.4, 0.5) is 4.79 Å². The van der Waals surface area contributed by atoms with Crippen molar-refractivity contribution in [1.82, 2.24) is 10.6 Å². The summed E-state index contributed by atoms with van der Waals surface area (Å²) in [5.41, 5.74) is 0.728. The van der Waals surface area contributed by atoms with Crippen LogP contribution in [-0.4, -0.2) is 31.7 Å². The lowest BCUT2D eigenvalue weighted by Gasteiger charge is -2.33. The summed E-state index contributed by atoms with van der Waals surface area (Å²) in [6.45, 7) is 7.30. The van der Waals surface area contributed by atoms with E-state index in [9.17, 15) is 14.4 Å². The highest BCUT2D eigenvalue weighted by Crippen LogP contribution is 2.36. The number of rotatable bonds is 7. The van der Waals surface area contributed by atoms with Crippen LogP contribution in [0.5, 0.6) is 11.5 Å². The molecule has 0 bridgehead atoms. The molecule has 9 heteroatoms. The predicted octanol–water partition coefficient (Wildman–Crippen LogP) is 2.72. The van der Waals surface area contributed by atoms with E-state index in [0.29, 0.717) is 5.56 Å². The van der Waals surface area contributed by atoms with Gasteiger partial charge in [-0.1, -0.05) is 25.3 Å². The molecule has 9 nitrogen and oxygen atoms in total. The molecule has 1 aliphatic rings. The quantitative estimate of drug-likeness (QED) is 0.408. The smallest absolute Gasteiger partial charge is 0.379 e. The van der Waals surface area contributed by atoms with Crippen molar-refractivity contribution in [3.05, 3.63) is 72.8 Å². The van der Waals surface area contributed by atoms with Crippen LogP contribution in [0.3, 0.4) is 0 Å². The molecule has 3 rings (SSSR count). The van der Waals surface area contributed by atoms with Gasteiger partial charge in [0.2, 0.25) is 5.76 Å². The molecule has 2 N–H and O–H groups in total. The van der Waals surface area contributed by atoms with Crippen molar-refractivity contribution in [1.29, 1.82) is 0 Å². The van der Waals surface area contributed by atoms with Gasteiger partial charge in [0.05, 0.1) is 19.4 Å². The maximum Gasteiger partial charge on any atom is 0.379 e. The molecule has 2 atom stereocenters. The van der Waals surface area contributed by atoms with Gasteiger partial charge in [0, 0.05) is 5.70 Å². The third kappa shape index (κ3) is 4.35. The summed E-state index contributed by atoms with van der Waals surface area (Å²) >= 11 is 0. The number of amides is 2. The first-order valence-electron chi connectivity index (χ1n) is 8.92. The van der Waals surface area contributed by atoms with Gasteiger partial charge in [-0.15, -0.1) is 0 Å². The summed E-state index contributed by atoms with van der Waals surface area (Å²) in [5, 5.41) is 5.17. The number of esters is 2. The number of carbonyl (C=O) groups excluding carboxylic acids is 3. The average molecular weight is 412 g/mol. The van der Waals surface area contributed by atoms with Crippen LogP contribution in [0.2, 0.25) is 0 Å². The van der Waals surface area contributed by atoms with Gasteiger partial charge in [-0.2, -0.15) is 0 Å². The van der Waals surface area contributed by atoms with Crippen molar-refractivity contribution in [3.63, 3.8) is 0 Å². The standard InChI is InChI=1S/C21H20N2O7/c1-4-9-29-20(25)17-12(2)22-21(26)23-18(17)13-7-8-14(16(11-13)27-3)30-19(24)15-6-5-10-28-15/h4-8,10-11,17-18H,1-2,9H2,3H3,(H2,22,23,26)/t17-,18-/m0/s1. The number of carbonyl (C=O) groups is 3. The Bertz CT molecular complexity index is 981. The molecular formula is C21H20N2O7. The second-order valence-corrected chi connectivity index (χ2v) is 6.27. The SMILES string of the molecule is C=CCOC(=O)[C@H]1C(=C)NC(=O)N[C@H]1c1ccc(OC(=O)c2ccco2)c(OC)c1. The predicted molar refractivity (Wildman–Crippen MR) is 105 cm³/mol. The zero-order valence-corrected chi connectivity index (χ0v) is 16.2. The van der Waals surface area contributed by atoms with Crippen molar-refractivity contribution in [2.75, 3.05) is 13.7 Å². The Morgan fingerprint density at radius 3 is 2.73 bits per heavy atom. The summed E-state index contributed by atoms with van der Waals surface area (Å²) in [5.74, 6) is -1.75. The van der Waals surface area contributed by atoms with Gasteiger partial charge in [-0.05, 0) is 29.8 Å². The van der Waals surface area contributed by atoms with E-state index in [2.05, 4.69) is 23.8 Å². The molecule has 0 radical (unpaired) electrons. The number of ether oxygens (including phenoxy) is 3. The Hall–Kier alpha value is -4.01. The van der Waals surface area contributed by atoms with Crippen LogP contribution in [-0.2, 0) is 9.53 Å². The molecule has 2 heterocycles. The molecule has 1 aromatic heterocycles. The van der Waals surface area contributed by atoms with E-state index in [4.69, 9.17) is 18.6 Å². The van der Waals surface area contributed by atoms with Gasteiger partial charge in [0.1, 0.15) is 12.5 Å². The Labute approximate surface area is 172 Å². The summed E-state index contributed by atoms with van der Waals surface area (Å²) in [4.78, 5) is 36.6. The summed E-state index contributed by atoms with van der Waals surface area (Å²) in [6, 6.07) is 6.41. The summed E-state index contributed by atoms with van der Waals surface area (Å²) in [6.07, 6.45) is 2.80. The summed E-state index contributed by atoms with van der Waals surface area (Å²) < 4.78 is 20.8. The van der Waals surface area contributed by atoms with E-state index in [0.717, 1.165) is 0 Å². The monoisotopic (exact) mass is 412 g/mol. The maximum absolute atomic E-state index is 12.5. The van der Waals surface area contributed by atoms with Crippen molar-refractivity contribution < 1.29 is 33.0 Å². The van der Waals surface area contributed by atoms with Crippen LogP contribution < -0.4 is 20.1 Å². The van der Waals surface area contributed by atoms with Gasteiger partial charge >= 0.3 is 18.0 Å². The van der Waals surface area contributed by atoms with Gasteiger partial charge < -0.3 is 29.3 Å². The lowest BCUT2D eigenvalue weighted by atomic mass is 9.89. The summed E-state index contributed by atoms with van der Waals surface area (Å²) in [7, 11) is 1.40. The highest BCUT2D eigenvalue weighted by atomic mass is 16.6. The van der Waals surface area contributed by atoms with Gasteiger partial charge in [-0.25, -0.2) is 9.59 Å². The van der Waals surface area contributed by atoms with E-state index in [-0.39, 0.29) is 29.6 Å². The Morgan fingerprint density at radius 1 is 1.27 bits per heavy atom. The van der Waals surface area contributed by atoms with E-state index in [1.54, 1.807) is 18.2 Å². The lowest BCUT2D eigenvalue weighted by Crippen LogP contribution is -2.51. The first kappa shape index (κ1) is 20.7. The van der Waals surface area contributed by atoms with Crippen LogP contribution in [0.15, 0.2) is 65.9 Å². The zero-order valence-electron chi connectivity index (χ0n) is 16.2. The van der Waals surface area contributed by atoms with Crippen molar-refractivity contribution in [2.24, 2.45) is 5.92 Å². The second-order valence-electron chi connectivity index (χ2n) is 6.27. The lowest BCUT2D eigenvalue weighted by molar-refractivity contribution is -0.147. The first-order valence-corrected chi connectivity index (χ1v) is 8.92. The second kappa shape index (κ2) is 8.99. The fraction of sp³-hybridized carbons (Fsp3) is 0.190. The molecule has 0 spiro atoms. The number of furan rings is 1. The maximum atomic E-state index is 12.5. The normalized spacial score (nSPS) is 18.0. The number of nitrogens with one attached hydrogen (secondary N) is 2. The molecule has 1 aliphatic heterocycles. The van der Waals surface area contributed by atoms with Gasteiger partial charge in [0.25, 0.3) is 0 Å². The van der Waals surface area contributed by atoms with Gasteiger partial charge in [-0.3, -0.25) is 4.79 Å². The average Bonchev–Trinajstić information content (AvgIpc) is 3.26. The Morgan fingerprint density at radius 2 is 2.07 bits per heavy atom. The van der Waals surface area contributed by atoms with Crippen molar-refractivity contribution >= 4 is 18.0 Å². The Kier molecular flexibility index (Phi) is 6.21. The third-order valence-electron chi connectivity index (χ3n) is 4.34. The van der Waals surface area contributed by atoms with Crippen molar-refractivity contribution in [3.8, 4) is 11.5 Å². The molecule has 0 aliphatic carbocycles. The van der Waals surface area contributed by atoms with E-state index in [1.807, 2.05) is 0 Å². The largest absolute Gasteiger partial charge is 0.493 e. The zero-order chi connectivity index (χ0) is 21.7. The number of benzene rings is 1. The third-order valence-corrected chi connectivity index (χ3v) is 4.34. The van der Waals surface area contributed by atoms with Crippen LogP contribution in [0.1, 0.15) is 22.2 Å². The highest BCUT2D eigenvalue weighted by Gasteiger charge is 2.39. The fourth-order valence-corrected chi connectivity index (χ4v) is 2.98. The molecule has 156 valence electrons. The topological polar surface area (TPSA) is 116 Å². The number of hydrogen-bond acceptors (Lipinski definition) is 7. The minimum Gasteiger partial charge on any atom is -0.493 e. The molecule has 1 aromatic carbocycles.